The summed E-state index contributed by atoms with van der Waals surface area (Å²) in [4.78, 5) is 9.46. The molecule has 1 heterocycles. The zero-order valence-corrected chi connectivity index (χ0v) is 20.4. The third kappa shape index (κ3) is 5.63. The largest absolute Gasteiger partial charge is 0.497 e. The highest BCUT2D eigenvalue weighted by Gasteiger charge is 2.13. The van der Waals surface area contributed by atoms with Gasteiger partial charge in [0.1, 0.15) is 11.5 Å². The van der Waals surface area contributed by atoms with Crippen molar-refractivity contribution in [3.63, 3.8) is 0 Å². The van der Waals surface area contributed by atoms with Crippen molar-refractivity contribution in [1.82, 2.24) is 9.97 Å². The molecular weight excluding hydrogens is 442 g/mol. The molecule has 3 aromatic carbocycles. The van der Waals surface area contributed by atoms with Gasteiger partial charge >= 0.3 is 0 Å². The Bertz CT molecular complexity index is 1260. The maximum absolute atomic E-state index is 5.41. The molecule has 0 saturated carbocycles. The van der Waals surface area contributed by atoms with Gasteiger partial charge in [0.05, 0.1) is 34.1 Å². The Morgan fingerprint density at radius 1 is 0.686 bits per heavy atom. The lowest BCUT2D eigenvalue weighted by Gasteiger charge is -2.13. The van der Waals surface area contributed by atoms with Crippen LogP contribution in [0.1, 0.15) is 5.56 Å². The maximum atomic E-state index is 5.41. The lowest BCUT2D eigenvalue weighted by atomic mass is 10.0. The molecule has 0 atom stereocenters. The van der Waals surface area contributed by atoms with Crippen molar-refractivity contribution in [3.8, 4) is 45.4 Å². The van der Waals surface area contributed by atoms with Crippen LogP contribution < -0.4 is 24.3 Å². The van der Waals surface area contributed by atoms with Crippen LogP contribution in [-0.2, 0) is 6.42 Å². The third-order valence-corrected chi connectivity index (χ3v) is 5.70. The van der Waals surface area contributed by atoms with E-state index in [2.05, 4.69) is 10.3 Å². The molecule has 0 spiro atoms. The van der Waals surface area contributed by atoms with Crippen LogP contribution in [0.3, 0.4) is 0 Å². The number of ether oxygens (including phenoxy) is 4. The fraction of sp³-hybridized carbons (Fsp3) is 0.214. The van der Waals surface area contributed by atoms with E-state index in [9.17, 15) is 0 Å². The predicted molar refractivity (Wildman–Crippen MR) is 138 cm³/mol. The fourth-order valence-electron chi connectivity index (χ4n) is 3.77. The molecule has 4 aromatic rings. The minimum atomic E-state index is 0.563. The van der Waals surface area contributed by atoms with Gasteiger partial charge in [0, 0.05) is 23.9 Å². The molecule has 7 nitrogen and oxygen atoms in total. The molecule has 1 aromatic heterocycles. The van der Waals surface area contributed by atoms with Gasteiger partial charge < -0.3 is 24.3 Å². The number of methoxy groups -OCH3 is 4. The summed E-state index contributed by atoms with van der Waals surface area (Å²) < 4.78 is 21.3. The fourth-order valence-corrected chi connectivity index (χ4v) is 3.77. The number of hydrogen-bond donors (Lipinski definition) is 1. The second-order valence-electron chi connectivity index (χ2n) is 7.78. The van der Waals surface area contributed by atoms with Crippen LogP contribution in [0.2, 0.25) is 0 Å². The predicted octanol–water partition coefficient (Wildman–Crippen LogP) is 5.50. The lowest BCUT2D eigenvalue weighted by Crippen LogP contribution is -2.09. The quantitative estimate of drug-likeness (QED) is 0.327. The summed E-state index contributed by atoms with van der Waals surface area (Å²) in [5, 5.41) is 3.35. The first-order chi connectivity index (χ1) is 17.1. The smallest absolute Gasteiger partial charge is 0.223 e. The van der Waals surface area contributed by atoms with Gasteiger partial charge in [-0.1, -0.05) is 18.2 Å². The second-order valence-corrected chi connectivity index (χ2v) is 7.78. The average Bonchev–Trinajstić information content (AvgIpc) is 2.93. The van der Waals surface area contributed by atoms with Gasteiger partial charge in [-0.3, -0.25) is 0 Å². The molecule has 1 N–H and O–H groups in total. The minimum Gasteiger partial charge on any atom is -0.497 e. The highest BCUT2D eigenvalue weighted by molar-refractivity contribution is 5.81. The van der Waals surface area contributed by atoms with Gasteiger partial charge in [-0.25, -0.2) is 9.97 Å². The first-order valence-corrected chi connectivity index (χ1v) is 11.3. The lowest BCUT2D eigenvalue weighted by molar-refractivity contribution is 0.354. The summed E-state index contributed by atoms with van der Waals surface area (Å²) in [6, 6.07) is 21.7. The molecule has 0 fully saturated rings. The van der Waals surface area contributed by atoms with Crippen LogP contribution in [0, 0.1) is 0 Å². The van der Waals surface area contributed by atoms with E-state index in [-0.39, 0.29) is 0 Å². The van der Waals surface area contributed by atoms with Crippen molar-refractivity contribution in [2.75, 3.05) is 40.3 Å². The molecule has 0 amide bonds. The molecule has 0 unspecified atom stereocenters. The Morgan fingerprint density at radius 2 is 1.31 bits per heavy atom. The summed E-state index contributed by atoms with van der Waals surface area (Å²) in [5.74, 6) is 3.59. The number of hydrogen-bond acceptors (Lipinski definition) is 7. The van der Waals surface area contributed by atoms with Crippen molar-refractivity contribution in [1.29, 1.82) is 0 Å². The second kappa shape index (κ2) is 11.2. The zero-order chi connectivity index (χ0) is 24.6. The number of rotatable bonds is 10. The van der Waals surface area contributed by atoms with E-state index in [1.807, 2.05) is 72.9 Å². The monoisotopic (exact) mass is 471 g/mol. The summed E-state index contributed by atoms with van der Waals surface area (Å²) >= 11 is 0. The van der Waals surface area contributed by atoms with Gasteiger partial charge in [-0.15, -0.1) is 0 Å². The van der Waals surface area contributed by atoms with Gasteiger partial charge in [0.25, 0.3) is 0 Å². The Morgan fingerprint density at radius 3 is 1.91 bits per heavy atom. The van der Waals surface area contributed by atoms with Crippen LogP contribution >= 0.6 is 0 Å². The van der Waals surface area contributed by atoms with E-state index in [0.29, 0.717) is 24.0 Å². The minimum absolute atomic E-state index is 0.563. The number of anilines is 1. The van der Waals surface area contributed by atoms with Crippen LogP contribution in [0.25, 0.3) is 22.4 Å². The molecule has 0 aliphatic rings. The Kier molecular flexibility index (Phi) is 7.67. The Balaban J connectivity index is 1.58. The van der Waals surface area contributed by atoms with E-state index in [1.54, 1.807) is 28.4 Å². The number of nitrogens with zero attached hydrogens (tertiary/aromatic N) is 2. The maximum Gasteiger partial charge on any atom is 0.223 e. The molecular formula is C28H29N3O4. The molecule has 180 valence electrons. The molecule has 0 bridgehead atoms. The SMILES string of the molecule is COc1ccc(-c2cnc(NCCc3ccc(OC)c(OC)c3)nc2-c2ccc(OC)cc2)cc1. The summed E-state index contributed by atoms with van der Waals surface area (Å²) in [5.41, 5.74) is 4.88. The van der Waals surface area contributed by atoms with Crippen molar-refractivity contribution in [3.05, 3.63) is 78.5 Å². The zero-order valence-electron chi connectivity index (χ0n) is 20.4. The standard InChI is InChI=1S/C28H29N3O4/c1-32-22-10-6-20(7-11-22)24-18-30-28(31-27(24)21-8-12-23(33-2)13-9-21)29-16-15-19-5-14-25(34-3)26(17-19)35-4/h5-14,17-18H,15-16H2,1-4H3,(H,29,30,31). The van der Waals surface area contributed by atoms with E-state index in [1.165, 1.54) is 0 Å². The molecule has 0 saturated heterocycles. The molecule has 0 aliphatic heterocycles. The van der Waals surface area contributed by atoms with E-state index < -0.39 is 0 Å². The molecule has 0 radical (unpaired) electrons. The van der Waals surface area contributed by atoms with Crippen LogP contribution in [0.4, 0.5) is 5.95 Å². The average molecular weight is 472 g/mol. The normalized spacial score (nSPS) is 10.5. The first kappa shape index (κ1) is 23.9. The molecule has 35 heavy (non-hydrogen) atoms. The summed E-state index contributed by atoms with van der Waals surface area (Å²) in [6.07, 6.45) is 2.63. The Labute approximate surface area is 205 Å². The molecule has 4 rings (SSSR count). The van der Waals surface area contributed by atoms with Gasteiger partial charge in [0.2, 0.25) is 5.95 Å². The molecule has 0 aliphatic carbocycles. The van der Waals surface area contributed by atoms with E-state index in [0.717, 1.165) is 45.9 Å². The van der Waals surface area contributed by atoms with Crippen LogP contribution in [0.15, 0.2) is 72.9 Å². The summed E-state index contributed by atoms with van der Waals surface area (Å²) in [7, 11) is 6.58. The van der Waals surface area contributed by atoms with E-state index >= 15 is 0 Å². The highest BCUT2D eigenvalue weighted by atomic mass is 16.5. The van der Waals surface area contributed by atoms with Crippen LogP contribution in [-0.4, -0.2) is 45.0 Å². The third-order valence-electron chi connectivity index (χ3n) is 5.70. The van der Waals surface area contributed by atoms with Crippen molar-refractivity contribution >= 4 is 5.95 Å². The first-order valence-electron chi connectivity index (χ1n) is 11.3. The van der Waals surface area contributed by atoms with E-state index in [4.69, 9.17) is 23.9 Å². The van der Waals surface area contributed by atoms with Gasteiger partial charge in [-0.05, 0) is 66.1 Å². The van der Waals surface area contributed by atoms with Gasteiger partial charge in [-0.2, -0.15) is 0 Å². The van der Waals surface area contributed by atoms with Gasteiger partial charge in [0.15, 0.2) is 11.5 Å². The van der Waals surface area contributed by atoms with Crippen molar-refractivity contribution in [2.45, 2.75) is 6.42 Å². The summed E-state index contributed by atoms with van der Waals surface area (Å²) in [6.45, 7) is 0.666. The molecule has 7 heteroatoms. The number of benzene rings is 3. The number of aromatic nitrogens is 2. The Hall–Kier alpha value is -4.26. The number of nitrogens with one attached hydrogen (secondary N) is 1. The highest BCUT2D eigenvalue weighted by Crippen LogP contribution is 2.33. The van der Waals surface area contributed by atoms with Crippen molar-refractivity contribution in [2.24, 2.45) is 0 Å². The topological polar surface area (TPSA) is 74.7 Å². The van der Waals surface area contributed by atoms with Crippen LogP contribution in [0.5, 0.6) is 23.0 Å². The van der Waals surface area contributed by atoms with Crippen molar-refractivity contribution < 1.29 is 18.9 Å².